The fourth-order valence-electron chi connectivity index (χ4n) is 2.59. The van der Waals surface area contributed by atoms with Gasteiger partial charge in [-0.15, -0.1) is 0 Å². The van der Waals surface area contributed by atoms with Gasteiger partial charge in [0.2, 0.25) is 0 Å². The number of benzene rings is 1. The van der Waals surface area contributed by atoms with Crippen LogP contribution in [0.25, 0.3) is 0 Å². The summed E-state index contributed by atoms with van der Waals surface area (Å²) in [6, 6.07) is 8.35. The predicted octanol–water partition coefficient (Wildman–Crippen LogP) is 6.53. The van der Waals surface area contributed by atoms with E-state index in [9.17, 15) is 0 Å². The molecule has 0 N–H and O–H groups in total. The van der Waals surface area contributed by atoms with Crippen molar-refractivity contribution < 1.29 is 4.74 Å². The number of hydrogen-bond donors (Lipinski definition) is 0. The molecule has 0 spiro atoms. The third-order valence-corrected chi connectivity index (χ3v) is 5.00. The van der Waals surface area contributed by atoms with Crippen molar-refractivity contribution in [3.05, 3.63) is 58.5 Å². The Morgan fingerprint density at radius 3 is 2.86 bits per heavy atom. The van der Waals surface area contributed by atoms with Crippen LogP contribution in [0.2, 0.25) is 0 Å². The summed E-state index contributed by atoms with van der Waals surface area (Å²) in [5.74, 6) is 0.933. The van der Waals surface area contributed by atoms with Crippen molar-refractivity contribution in [2.45, 2.75) is 50.8 Å². The Morgan fingerprint density at radius 2 is 2.14 bits per heavy atom. The maximum absolute atomic E-state index is 5.32. The molecule has 118 valence electrons. The maximum atomic E-state index is 5.32. The lowest BCUT2D eigenvalue weighted by molar-refractivity contribution is 0.413. The fraction of sp³-hybridized carbons (Fsp3) is 0.400. The lowest BCUT2D eigenvalue weighted by Gasteiger charge is -2.27. The molecular weight excluding hydrogens is 288 g/mol. The fourth-order valence-corrected chi connectivity index (χ4v) is 3.78. The second-order valence-electron chi connectivity index (χ2n) is 5.53. The van der Waals surface area contributed by atoms with Crippen molar-refractivity contribution in [3.63, 3.8) is 0 Å². The van der Waals surface area contributed by atoms with Crippen molar-refractivity contribution in [2.24, 2.45) is 0 Å². The zero-order chi connectivity index (χ0) is 15.8. The van der Waals surface area contributed by atoms with Crippen LogP contribution in [0, 0.1) is 0 Å². The summed E-state index contributed by atoms with van der Waals surface area (Å²) in [7, 11) is 1.72. The van der Waals surface area contributed by atoms with E-state index in [1.54, 1.807) is 12.7 Å². The average Bonchev–Trinajstić information content (AvgIpc) is 2.54. The minimum Gasteiger partial charge on any atom is -0.497 e. The van der Waals surface area contributed by atoms with E-state index in [-0.39, 0.29) is 0 Å². The second kappa shape index (κ2) is 8.89. The lowest BCUT2D eigenvalue weighted by atomic mass is 9.87. The van der Waals surface area contributed by atoms with E-state index >= 15 is 0 Å². The molecule has 0 radical (unpaired) electrons. The molecule has 0 amide bonds. The highest BCUT2D eigenvalue weighted by molar-refractivity contribution is 8.03. The third kappa shape index (κ3) is 4.54. The summed E-state index contributed by atoms with van der Waals surface area (Å²) in [4.78, 5) is 2.80. The Balaban J connectivity index is 2.12. The van der Waals surface area contributed by atoms with Crippen molar-refractivity contribution in [3.8, 4) is 5.75 Å². The van der Waals surface area contributed by atoms with Crippen molar-refractivity contribution in [1.29, 1.82) is 0 Å². The van der Waals surface area contributed by atoms with Crippen LogP contribution < -0.4 is 4.74 Å². The van der Waals surface area contributed by atoms with Gasteiger partial charge in [0.15, 0.2) is 0 Å². The van der Waals surface area contributed by atoms with Crippen LogP contribution in [0.15, 0.2) is 63.4 Å². The molecule has 1 aliphatic rings. The number of rotatable bonds is 8. The van der Waals surface area contributed by atoms with Gasteiger partial charge in [0.1, 0.15) is 5.75 Å². The van der Waals surface area contributed by atoms with Crippen molar-refractivity contribution >= 4 is 11.8 Å². The standard InChI is InChI=1S/C20H26OS/c1-4-6-8-13-19-16(10-7-5-2)14-20(19)22-18-12-9-11-17(15-18)21-3/h5,7,9-12,15H,4,6,8,13-14H2,1-3H3/b7-5-,16-10+. The highest BCUT2D eigenvalue weighted by Gasteiger charge is 2.23. The largest absolute Gasteiger partial charge is 0.497 e. The third-order valence-electron chi connectivity index (χ3n) is 3.88. The summed E-state index contributed by atoms with van der Waals surface area (Å²) in [6.45, 7) is 4.33. The molecule has 0 heterocycles. The molecule has 0 aromatic heterocycles. The SMILES string of the molecule is C/C=C\C=C1/CC(Sc2cccc(OC)c2)=C1CCCCC. The molecule has 22 heavy (non-hydrogen) atoms. The highest BCUT2D eigenvalue weighted by Crippen LogP contribution is 2.46. The number of ether oxygens (including phenoxy) is 1. The minimum absolute atomic E-state index is 0.933. The molecule has 1 nitrogen and oxygen atoms in total. The van der Waals surface area contributed by atoms with E-state index in [4.69, 9.17) is 4.74 Å². The molecular formula is C20H26OS. The molecule has 1 aliphatic carbocycles. The van der Waals surface area contributed by atoms with Gasteiger partial charge >= 0.3 is 0 Å². The van der Waals surface area contributed by atoms with E-state index in [1.807, 2.05) is 17.8 Å². The molecule has 0 saturated carbocycles. The van der Waals surface area contributed by atoms with Gasteiger partial charge in [0, 0.05) is 11.3 Å². The molecule has 2 rings (SSSR count). The van der Waals surface area contributed by atoms with Gasteiger partial charge in [0.25, 0.3) is 0 Å². The van der Waals surface area contributed by atoms with Gasteiger partial charge in [-0.05, 0) is 54.0 Å². The Bertz CT molecular complexity index is 581. The van der Waals surface area contributed by atoms with Crippen LogP contribution in [0.1, 0.15) is 46.0 Å². The first-order valence-corrected chi connectivity index (χ1v) is 8.96. The van der Waals surface area contributed by atoms with Crippen LogP contribution in [-0.2, 0) is 0 Å². The van der Waals surface area contributed by atoms with Gasteiger partial charge in [-0.25, -0.2) is 0 Å². The highest BCUT2D eigenvalue weighted by atomic mass is 32.2. The number of allylic oxidation sites excluding steroid dienone is 6. The molecule has 1 aromatic carbocycles. The summed E-state index contributed by atoms with van der Waals surface area (Å²) < 4.78 is 5.32. The van der Waals surface area contributed by atoms with Gasteiger partial charge in [-0.2, -0.15) is 0 Å². The normalized spacial score (nSPS) is 16.4. The molecule has 0 saturated heterocycles. The van der Waals surface area contributed by atoms with Crippen molar-refractivity contribution in [2.75, 3.05) is 7.11 Å². The van der Waals surface area contributed by atoms with Crippen LogP contribution >= 0.6 is 11.8 Å². The van der Waals surface area contributed by atoms with Crippen LogP contribution in [-0.4, -0.2) is 7.11 Å². The monoisotopic (exact) mass is 314 g/mol. The molecule has 0 bridgehead atoms. The first kappa shape index (κ1) is 17.0. The number of unbranched alkanes of at least 4 members (excludes halogenated alkanes) is 2. The van der Waals surface area contributed by atoms with E-state index < -0.39 is 0 Å². The summed E-state index contributed by atoms with van der Waals surface area (Å²) in [5.41, 5.74) is 3.08. The van der Waals surface area contributed by atoms with Gasteiger partial charge < -0.3 is 4.74 Å². The Hall–Kier alpha value is -1.41. The molecule has 2 heteroatoms. The first-order chi connectivity index (χ1) is 10.8. The molecule has 0 aliphatic heterocycles. The molecule has 0 atom stereocenters. The maximum Gasteiger partial charge on any atom is 0.119 e. The summed E-state index contributed by atoms with van der Waals surface area (Å²) in [5, 5.41) is 0. The Morgan fingerprint density at radius 1 is 1.27 bits per heavy atom. The first-order valence-electron chi connectivity index (χ1n) is 8.14. The molecule has 0 fully saturated rings. The summed E-state index contributed by atoms with van der Waals surface area (Å²) in [6.07, 6.45) is 12.7. The van der Waals surface area contributed by atoms with E-state index in [2.05, 4.69) is 50.3 Å². The number of hydrogen-bond acceptors (Lipinski definition) is 2. The summed E-state index contributed by atoms with van der Waals surface area (Å²) >= 11 is 1.90. The Labute approximate surface area is 139 Å². The zero-order valence-corrected chi connectivity index (χ0v) is 14.7. The predicted molar refractivity (Wildman–Crippen MR) is 97.5 cm³/mol. The lowest BCUT2D eigenvalue weighted by Crippen LogP contribution is -2.06. The van der Waals surface area contributed by atoms with E-state index in [1.165, 1.54) is 41.1 Å². The van der Waals surface area contributed by atoms with Gasteiger partial charge in [0.05, 0.1) is 7.11 Å². The Kier molecular flexibility index (Phi) is 6.85. The van der Waals surface area contributed by atoms with Gasteiger partial charge in [-0.1, -0.05) is 55.8 Å². The van der Waals surface area contributed by atoms with Gasteiger partial charge in [-0.3, -0.25) is 0 Å². The number of methoxy groups -OCH3 is 1. The van der Waals surface area contributed by atoms with E-state index in [0.717, 1.165) is 12.2 Å². The van der Waals surface area contributed by atoms with Crippen LogP contribution in [0.5, 0.6) is 5.75 Å². The average molecular weight is 314 g/mol. The minimum atomic E-state index is 0.933. The zero-order valence-electron chi connectivity index (χ0n) is 13.9. The van der Waals surface area contributed by atoms with Crippen molar-refractivity contribution in [1.82, 2.24) is 0 Å². The van der Waals surface area contributed by atoms with E-state index in [0.29, 0.717) is 0 Å². The molecule has 0 unspecified atom stereocenters. The topological polar surface area (TPSA) is 9.23 Å². The smallest absolute Gasteiger partial charge is 0.119 e. The molecule has 1 aromatic rings. The van der Waals surface area contributed by atoms with Crippen LogP contribution in [0.4, 0.5) is 0 Å². The van der Waals surface area contributed by atoms with Crippen LogP contribution in [0.3, 0.4) is 0 Å². The quantitative estimate of drug-likeness (QED) is 0.505. The second-order valence-corrected chi connectivity index (χ2v) is 6.70. The number of thioether (sulfide) groups is 1.